The van der Waals surface area contributed by atoms with E-state index in [0.717, 1.165) is 17.8 Å². The Balaban J connectivity index is 2.54. The fraction of sp³-hybridized carbons (Fsp3) is 0.444. The second kappa shape index (κ2) is 5.99. The average molecular weight is 277 g/mol. The first kappa shape index (κ1) is 13.9. The molecular formula is C9H15N3O3S2. The molecule has 0 aliphatic rings. The third kappa shape index (κ3) is 4.33. The highest BCUT2D eigenvalue weighted by Crippen LogP contribution is 2.20. The molecular weight excluding hydrogens is 262 g/mol. The zero-order chi connectivity index (χ0) is 12.9. The highest BCUT2D eigenvalue weighted by molar-refractivity contribution is 7.91. The molecule has 0 fully saturated rings. The quantitative estimate of drug-likeness (QED) is 0.688. The monoisotopic (exact) mass is 277 g/mol. The zero-order valence-electron chi connectivity index (χ0n) is 9.39. The number of hydrogen-bond acceptors (Lipinski definition) is 5. The number of sulfonamides is 1. The third-order valence-corrected chi connectivity index (χ3v) is 4.71. The lowest BCUT2D eigenvalue weighted by molar-refractivity contribution is -0.119. The lowest BCUT2D eigenvalue weighted by atomic mass is 10.5. The number of rotatable bonds is 6. The van der Waals surface area contributed by atoms with E-state index in [-0.39, 0.29) is 16.7 Å². The summed E-state index contributed by atoms with van der Waals surface area (Å²) in [7, 11) is -3.63. The van der Waals surface area contributed by atoms with Gasteiger partial charge in [-0.15, -0.1) is 11.3 Å². The molecule has 0 spiro atoms. The van der Waals surface area contributed by atoms with Gasteiger partial charge in [-0.1, -0.05) is 6.92 Å². The summed E-state index contributed by atoms with van der Waals surface area (Å²) in [6.07, 6.45) is 0.806. The summed E-state index contributed by atoms with van der Waals surface area (Å²) >= 11 is 1.02. The maximum atomic E-state index is 11.7. The Morgan fingerprint density at radius 2 is 2.24 bits per heavy atom. The fourth-order valence-electron chi connectivity index (χ4n) is 1.03. The lowest BCUT2D eigenvalue weighted by Crippen LogP contribution is -2.36. The minimum Gasteiger partial charge on any atom is -0.398 e. The molecule has 6 nitrogen and oxygen atoms in total. The largest absolute Gasteiger partial charge is 0.398 e. The van der Waals surface area contributed by atoms with Crippen LogP contribution in [0.3, 0.4) is 0 Å². The molecule has 4 N–H and O–H groups in total. The molecule has 1 rings (SSSR count). The summed E-state index contributed by atoms with van der Waals surface area (Å²) < 4.78 is 25.7. The number of nitrogens with one attached hydrogen (secondary N) is 2. The second-order valence-corrected chi connectivity index (χ2v) is 6.28. The van der Waals surface area contributed by atoms with Crippen LogP contribution in [0.5, 0.6) is 0 Å². The summed E-state index contributed by atoms with van der Waals surface area (Å²) in [5, 5.41) is 4.11. The summed E-state index contributed by atoms with van der Waals surface area (Å²) in [6, 6.07) is 1.36. The molecule has 0 saturated heterocycles. The molecule has 1 heterocycles. The number of hydrogen-bond donors (Lipinski definition) is 3. The molecule has 1 amide bonds. The van der Waals surface area contributed by atoms with E-state index in [1.54, 1.807) is 0 Å². The van der Waals surface area contributed by atoms with Crippen LogP contribution in [0.1, 0.15) is 13.3 Å². The van der Waals surface area contributed by atoms with Crippen LogP contribution < -0.4 is 15.8 Å². The molecule has 17 heavy (non-hydrogen) atoms. The highest BCUT2D eigenvalue weighted by Gasteiger charge is 2.17. The smallest absolute Gasteiger partial charge is 0.250 e. The van der Waals surface area contributed by atoms with Gasteiger partial charge in [0.1, 0.15) is 4.21 Å². The third-order valence-electron chi connectivity index (χ3n) is 1.86. The first-order valence-corrected chi connectivity index (χ1v) is 7.42. The van der Waals surface area contributed by atoms with Crippen molar-refractivity contribution >= 4 is 33.0 Å². The van der Waals surface area contributed by atoms with Crippen molar-refractivity contribution in [1.29, 1.82) is 0 Å². The van der Waals surface area contributed by atoms with Gasteiger partial charge >= 0.3 is 0 Å². The molecule has 1 aromatic rings. The van der Waals surface area contributed by atoms with Crippen molar-refractivity contribution < 1.29 is 13.2 Å². The number of nitrogens with two attached hydrogens (primary N) is 1. The van der Waals surface area contributed by atoms with Crippen molar-refractivity contribution in [2.45, 2.75) is 17.6 Å². The molecule has 0 saturated carbocycles. The fourth-order valence-corrected chi connectivity index (χ4v) is 3.14. The number of carbonyl (C=O) groups is 1. The Hall–Kier alpha value is -1.12. The van der Waals surface area contributed by atoms with Crippen LogP contribution in [-0.2, 0) is 14.8 Å². The van der Waals surface area contributed by atoms with Crippen molar-refractivity contribution in [2.24, 2.45) is 0 Å². The normalized spacial score (nSPS) is 11.4. The van der Waals surface area contributed by atoms with Gasteiger partial charge in [-0.25, -0.2) is 13.1 Å². The van der Waals surface area contributed by atoms with Crippen LogP contribution in [0.15, 0.2) is 15.7 Å². The molecule has 0 aliphatic heterocycles. The van der Waals surface area contributed by atoms with E-state index in [1.165, 1.54) is 11.4 Å². The summed E-state index contributed by atoms with van der Waals surface area (Å²) in [5.74, 6) is -0.347. The first-order valence-electron chi connectivity index (χ1n) is 5.06. The number of amides is 1. The van der Waals surface area contributed by atoms with Crippen LogP contribution >= 0.6 is 11.3 Å². The molecule has 1 aromatic heterocycles. The van der Waals surface area contributed by atoms with Gasteiger partial charge in [0.25, 0.3) is 10.0 Å². The van der Waals surface area contributed by atoms with Crippen molar-refractivity contribution in [3.8, 4) is 0 Å². The predicted molar refractivity (Wildman–Crippen MR) is 67.2 cm³/mol. The van der Waals surface area contributed by atoms with E-state index >= 15 is 0 Å². The molecule has 0 bridgehead atoms. The number of nitrogen functional groups attached to an aromatic ring is 1. The minimum atomic E-state index is -3.63. The average Bonchev–Trinajstić information content (AvgIpc) is 2.71. The summed E-state index contributed by atoms with van der Waals surface area (Å²) in [5.41, 5.74) is 5.83. The molecule has 0 unspecified atom stereocenters. The van der Waals surface area contributed by atoms with E-state index in [1.807, 2.05) is 6.92 Å². The maximum absolute atomic E-state index is 11.7. The topological polar surface area (TPSA) is 101 Å². The van der Waals surface area contributed by atoms with Crippen LogP contribution in [0, 0.1) is 0 Å². The van der Waals surface area contributed by atoms with Crippen molar-refractivity contribution in [1.82, 2.24) is 10.0 Å². The zero-order valence-corrected chi connectivity index (χ0v) is 11.0. The second-order valence-electron chi connectivity index (χ2n) is 3.37. The van der Waals surface area contributed by atoms with Crippen molar-refractivity contribution in [3.05, 3.63) is 11.4 Å². The SMILES string of the molecule is CCCNC(=O)CNS(=O)(=O)c1cc(N)cs1. The van der Waals surface area contributed by atoms with Crippen molar-refractivity contribution in [3.63, 3.8) is 0 Å². The molecule has 0 atom stereocenters. The molecule has 8 heteroatoms. The van der Waals surface area contributed by atoms with Gasteiger partial charge in [0, 0.05) is 17.6 Å². The molecule has 96 valence electrons. The van der Waals surface area contributed by atoms with Gasteiger partial charge in [-0.05, 0) is 12.5 Å². The first-order chi connectivity index (χ1) is 7.95. The number of thiophene rings is 1. The predicted octanol–water partition coefficient (Wildman–Crippen LogP) is 0.135. The van der Waals surface area contributed by atoms with E-state index < -0.39 is 10.0 Å². The van der Waals surface area contributed by atoms with E-state index in [2.05, 4.69) is 10.0 Å². The molecule has 0 aromatic carbocycles. The van der Waals surface area contributed by atoms with Crippen LogP contribution in [0.25, 0.3) is 0 Å². The Kier molecular flexibility index (Phi) is 4.91. The standard InChI is InChI=1S/C9H15N3O3S2/c1-2-3-11-8(13)5-12-17(14,15)9-4-7(10)6-16-9/h4,6,12H,2-3,5,10H2,1H3,(H,11,13). The molecule has 0 aliphatic carbocycles. The van der Waals surface area contributed by atoms with Gasteiger partial charge < -0.3 is 11.1 Å². The van der Waals surface area contributed by atoms with Crippen molar-refractivity contribution in [2.75, 3.05) is 18.8 Å². The maximum Gasteiger partial charge on any atom is 0.250 e. The van der Waals surface area contributed by atoms with Gasteiger partial charge in [0.05, 0.1) is 6.54 Å². The highest BCUT2D eigenvalue weighted by atomic mass is 32.2. The Morgan fingerprint density at radius 1 is 1.53 bits per heavy atom. The van der Waals surface area contributed by atoms with Crippen LogP contribution in [0.2, 0.25) is 0 Å². The van der Waals surface area contributed by atoms with Gasteiger partial charge in [-0.2, -0.15) is 0 Å². The molecule has 0 radical (unpaired) electrons. The van der Waals surface area contributed by atoms with E-state index in [9.17, 15) is 13.2 Å². The summed E-state index contributed by atoms with van der Waals surface area (Å²) in [4.78, 5) is 11.2. The van der Waals surface area contributed by atoms with Crippen LogP contribution in [0.4, 0.5) is 5.69 Å². The Labute approximate surface area is 104 Å². The Bertz CT molecular complexity index is 481. The van der Waals surface area contributed by atoms with Gasteiger partial charge in [0.2, 0.25) is 5.91 Å². The van der Waals surface area contributed by atoms with Crippen LogP contribution in [-0.4, -0.2) is 27.4 Å². The number of carbonyl (C=O) groups excluding carboxylic acids is 1. The Morgan fingerprint density at radius 3 is 2.76 bits per heavy atom. The van der Waals surface area contributed by atoms with Gasteiger partial charge in [0.15, 0.2) is 0 Å². The minimum absolute atomic E-state index is 0.110. The van der Waals surface area contributed by atoms with E-state index in [0.29, 0.717) is 12.2 Å². The van der Waals surface area contributed by atoms with E-state index in [4.69, 9.17) is 5.73 Å². The summed E-state index contributed by atoms with van der Waals surface area (Å²) in [6.45, 7) is 2.19. The number of anilines is 1. The lowest BCUT2D eigenvalue weighted by Gasteiger charge is -2.05. The van der Waals surface area contributed by atoms with Gasteiger partial charge in [-0.3, -0.25) is 4.79 Å².